The number of ether oxygens (including phenoxy) is 2. The quantitative estimate of drug-likeness (QED) is 0.179. The van der Waals surface area contributed by atoms with E-state index >= 15 is 0 Å². The molecule has 1 atom stereocenters. The van der Waals surface area contributed by atoms with E-state index in [1.807, 2.05) is 113 Å². The first-order valence-corrected chi connectivity index (χ1v) is 20.1. The molecule has 0 fully saturated rings. The fourth-order valence-electron chi connectivity index (χ4n) is 9.31. The molecular formula is C49H47N5O6. The number of benzene rings is 5. The van der Waals surface area contributed by atoms with Gasteiger partial charge >= 0.3 is 0 Å². The SMILES string of the molecule is COc1ccc2ccc3c(c2c1)N=CC1(O3)N(C)c2cccc(CNC(=O)c3ccc(-c4c5ccc(=[N+](C)C)cc-5oc5c4CCC(N(C)C)=C5)c(C(=O)[O-])c3)c2C1(C)C. The second-order valence-corrected chi connectivity index (χ2v) is 16.7. The van der Waals surface area contributed by atoms with Crippen molar-refractivity contribution in [2.24, 2.45) is 4.99 Å². The standard InChI is InChI=1S/C49H47N5O6/c1-48(2)44-30(10-9-11-39(44)54(7)49(48)27-51-45-37-25-33(58-8)17-12-28(37)14-21-40(45)60-49)26-50-46(55)29-13-18-34(38(22-29)47(56)57)43-35-19-15-31(52(3)4)23-41(35)59-42-24-32(53(5)6)16-20-36(42)43/h9-15,17-19,21-25,27H,16,20,26H2,1-8H3,(H-,50,55,56,57). The summed E-state index contributed by atoms with van der Waals surface area (Å²) in [6.07, 6.45) is 5.33. The highest BCUT2D eigenvalue weighted by Gasteiger charge is 2.59. The minimum Gasteiger partial charge on any atom is -0.545 e. The number of carboxylic acids is 1. The molecule has 0 radical (unpaired) electrons. The molecule has 0 bridgehead atoms. The van der Waals surface area contributed by atoms with E-state index in [-0.39, 0.29) is 17.7 Å². The molecule has 304 valence electrons. The summed E-state index contributed by atoms with van der Waals surface area (Å²) >= 11 is 0. The van der Waals surface area contributed by atoms with Gasteiger partial charge in [0.05, 0.1) is 30.8 Å². The van der Waals surface area contributed by atoms with Crippen LogP contribution in [-0.2, 0) is 18.4 Å². The molecule has 0 saturated carbocycles. The highest BCUT2D eigenvalue weighted by Crippen LogP contribution is 2.55. The Labute approximate surface area is 348 Å². The number of allylic oxidation sites excluding steroid dienone is 1. The highest BCUT2D eigenvalue weighted by atomic mass is 16.5. The Bertz CT molecular complexity index is 2900. The monoisotopic (exact) mass is 801 g/mol. The summed E-state index contributed by atoms with van der Waals surface area (Å²) in [6, 6.07) is 26.7. The van der Waals surface area contributed by atoms with Crippen LogP contribution in [-0.4, -0.2) is 71.1 Å². The van der Waals surface area contributed by atoms with Crippen LogP contribution in [0.15, 0.2) is 100 Å². The number of fused-ring (bicyclic) bond motifs is 6. The Kier molecular flexibility index (Phi) is 9.11. The summed E-state index contributed by atoms with van der Waals surface area (Å²) in [7, 11) is 11.6. The zero-order chi connectivity index (χ0) is 42.2. The van der Waals surface area contributed by atoms with E-state index in [1.165, 1.54) is 6.07 Å². The minimum absolute atomic E-state index is 0.0676. The van der Waals surface area contributed by atoms with E-state index in [0.29, 0.717) is 29.3 Å². The van der Waals surface area contributed by atoms with Gasteiger partial charge in [-0.25, -0.2) is 4.58 Å². The third-order valence-corrected chi connectivity index (χ3v) is 12.6. The maximum Gasteiger partial charge on any atom is 0.251 e. The van der Waals surface area contributed by atoms with Crippen molar-refractivity contribution in [1.29, 1.82) is 0 Å². The van der Waals surface area contributed by atoms with Gasteiger partial charge in [-0.15, -0.1) is 0 Å². The summed E-state index contributed by atoms with van der Waals surface area (Å²) in [5.74, 6) is 0.947. The lowest BCUT2D eigenvalue weighted by atomic mass is 9.75. The van der Waals surface area contributed by atoms with Gasteiger partial charge in [-0.05, 0) is 91.2 Å². The maximum atomic E-state index is 14.0. The van der Waals surface area contributed by atoms with Crippen LogP contribution < -0.4 is 34.7 Å². The second kappa shape index (κ2) is 14.1. The normalized spacial score (nSPS) is 17.1. The van der Waals surface area contributed by atoms with Gasteiger partial charge in [0.1, 0.15) is 42.8 Å². The predicted octanol–water partition coefficient (Wildman–Crippen LogP) is 6.61. The molecule has 9 rings (SSSR count). The van der Waals surface area contributed by atoms with Crippen LogP contribution in [0.4, 0.5) is 11.4 Å². The third kappa shape index (κ3) is 5.93. The average molecular weight is 802 g/mol. The Balaban J connectivity index is 1.04. The van der Waals surface area contributed by atoms with Gasteiger partial charge in [0.25, 0.3) is 5.91 Å². The van der Waals surface area contributed by atoms with Crippen molar-refractivity contribution >= 4 is 46.3 Å². The Morgan fingerprint density at radius 2 is 1.77 bits per heavy atom. The molecule has 5 aliphatic rings. The Hall–Kier alpha value is -6.88. The predicted molar refractivity (Wildman–Crippen MR) is 233 cm³/mol. The lowest BCUT2D eigenvalue weighted by Gasteiger charge is -2.45. The number of amides is 1. The molecule has 2 aliphatic carbocycles. The number of hydrogen-bond acceptors (Lipinski definition) is 9. The number of methoxy groups -OCH3 is 1. The van der Waals surface area contributed by atoms with E-state index in [2.05, 4.69) is 35.0 Å². The topological polar surface area (TPSA) is 123 Å². The smallest absolute Gasteiger partial charge is 0.251 e. The molecule has 1 amide bonds. The van der Waals surface area contributed by atoms with Crippen molar-refractivity contribution in [3.05, 3.63) is 130 Å². The lowest BCUT2D eigenvalue weighted by molar-refractivity contribution is -0.254. The van der Waals surface area contributed by atoms with Crippen LogP contribution in [0.25, 0.3) is 39.3 Å². The Morgan fingerprint density at radius 3 is 2.52 bits per heavy atom. The van der Waals surface area contributed by atoms with Gasteiger partial charge in [0, 0.05) is 84.4 Å². The fourth-order valence-corrected chi connectivity index (χ4v) is 9.31. The number of hydrogen-bond donors (Lipinski definition) is 1. The largest absolute Gasteiger partial charge is 0.545 e. The van der Waals surface area contributed by atoms with Gasteiger partial charge in [-0.1, -0.05) is 30.3 Å². The molecule has 3 heterocycles. The van der Waals surface area contributed by atoms with Crippen LogP contribution in [0.1, 0.15) is 63.4 Å². The van der Waals surface area contributed by atoms with Crippen LogP contribution >= 0.6 is 0 Å². The third-order valence-electron chi connectivity index (χ3n) is 12.6. The van der Waals surface area contributed by atoms with E-state index in [0.717, 1.165) is 73.2 Å². The summed E-state index contributed by atoms with van der Waals surface area (Å²) in [4.78, 5) is 36.1. The molecular weight excluding hydrogens is 755 g/mol. The van der Waals surface area contributed by atoms with Gasteiger partial charge in [-0.2, -0.15) is 0 Å². The lowest BCUT2D eigenvalue weighted by Crippen LogP contribution is -2.61. The summed E-state index contributed by atoms with van der Waals surface area (Å²) in [5, 5.41) is 19.0. The van der Waals surface area contributed by atoms with Crippen molar-refractivity contribution in [2.75, 3.05) is 47.2 Å². The molecule has 1 spiro atoms. The Morgan fingerprint density at radius 1 is 0.983 bits per heavy atom. The molecule has 1 unspecified atom stereocenters. The van der Waals surface area contributed by atoms with E-state index < -0.39 is 23.0 Å². The number of aromatic carboxylic acids is 1. The average Bonchev–Trinajstić information content (AvgIpc) is 3.40. The highest BCUT2D eigenvalue weighted by molar-refractivity contribution is 6.04. The van der Waals surface area contributed by atoms with Crippen molar-refractivity contribution in [2.45, 2.75) is 44.4 Å². The minimum atomic E-state index is -1.37. The van der Waals surface area contributed by atoms with Crippen LogP contribution in [0.3, 0.4) is 0 Å². The van der Waals surface area contributed by atoms with E-state index in [1.54, 1.807) is 19.2 Å². The van der Waals surface area contributed by atoms with E-state index in [9.17, 15) is 14.7 Å². The van der Waals surface area contributed by atoms with Gasteiger partial charge in [-0.3, -0.25) is 9.79 Å². The molecule has 0 aromatic heterocycles. The first kappa shape index (κ1) is 38.6. The molecule has 60 heavy (non-hydrogen) atoms. The molecule has 4 aromatic rings. The van der Waals surface area contributed by atoms with Gasteiger partial charge < -0.3 is 38.9 Å². The first-order valence-electron chi connectivity index (χ1n) is 20.1. The number of nitrogens with zero attached hydrogens (tertiary/aromatic N) is 4. The van der Waals surface area contributed by atoms with E-state index in [4.69, 9.17) is 18.9 Å². The van der Waals surface area contributed by atoms with Crippen molar-refractivity contribution < 1.29 is 28.6 Å². The number of nitrogens with one attached hydrogen (secondary N) is 1. The summed E-state index contributed by atoms with van der Waals surface area (Å²) < 4.78 is 21.0. The fraction of sp³-hybridized carbons (Fsp3) is 0.265. The van der Waals surface area contributed by atoms with Gasteiger partial charge in [0.2, 0.25) is 11.1 Å². The zero-order valence-corrected chi connectivity index (χ0v) is 35.1. The number of aliphatic imine (C=N–C) groups is 1. The molecule has 3 aliphatic heterocycles. The van der Waals surface area contributed by atoms with Crippen molar-refractivity contribution in [3.8, 4) is 33.9 Å². The van der Waals surface area contributed by atoms with Crippen LogP contribution in [0, 0.1) is 0 Å². The summed E-state index contributed by atoms with van der Waals surface area (Å²) in [5.41, 5.74) is 6.25. The number of carbonyl (C=O) groups is 2. The molecule has 0 saturated heterocycles. The number of carboxylic acid groups (broad SMARTS) is 1. The van der Waals surface area contributed by atoms with Crippen molar-refractivity contribution in [1.82, 2.24) is 14.8 Å². The number of rotatable bonds is 7. The maximum absolute atomic E-state index is 14.0. The molecule has 11 heteroatoms. The molecule has 4 aromatic carbocycles. The molecule has 11 nitrogen and oxygen atoms in total. The van der Waals surface area contributed by atoms with Crippen molar-refractivity contribution in [3.63, 3.8) is 0 Å². The number of anilines is 1. The number of likely N-dealkylation sites (N-methyl/N-ethyl adjacent to an activating group) is 1. The molecule has 1 N–H and O–H groups in total. The first-order chi connectivity index (χ1) is 28.7. The number of carbonyl (C=O) groups excluding carboxylic acids is 2. The zero-order valence-electron chi connectivity index (χ0n) is 35.1. The summed E-state index contributed by atoms with van der Waals surface area (Å²) in [6.45, 7) is 4.46. The van der Waals surface area contributed by atoms with Crippen LogP contribution in [0.2, 0.25) is 0 Å². The van der Waals surface area contributed by atoms with Gasteiger partial charge in [0.15, 0.2) is 0 Å². The van der Waals surface area contributed by atoms with Crippen LogP contribution in [0.5, 0.6) is 11.5 Å². The second-order valence-electron chi connectivity index (χ2n) is 16.7.